The molecule has 0 bridgehead atoms. The van der Waals surface area contributed by atoms with Gasteiger partial charge in [0.15, 0.2) is 0 Å². The molecule has 2 aromatic rings. The molecule has 1 amide bonds. The molecule has 178 valence electrons. The number of hydrogen-bond donors (Lipinski definition) is 1. The van der Waals surface area contributed by atoms with Gasteiger partial charge in [0, 0.05) is 83.5 Å². The predicted octanol–water partition coefficient (Wildman–Crippen LogP) is 2.02. The van der Waals surface area contributed by atoms with Crippen LogP contribution in [-0.2, 0) is 35.5 Å². The number of rotatable bonds is 7. The highest BCUT2D eigenvalue weighted by molar-refractivity contribution is 5.78. The van der Waals surface area contributed by atoms with E-state index in [9.17, 15) is 4.79 Å². The number of carbonyl (C=O) groups is 1. The largest absolute Gasteiger partial charge is 0.381 e. The zero-order valence-electron chi connectivity index (χ0n) is 19.5. The van der Waals surface area contributed by atoms with Crippen LogP contribution < -0.4 is 10.2 Å². The molecule has 33 heavy (non-hydrogen) atoms. The Bertz CT molecular complexity index is 915. The van der Waals surface area contributed by atoms with Crippen molar-refractivity contribution in [2.24, 2.45) is 5.92 Å². The fourth-order valence-electron chi connectivity index (χ4n) is 5.22. The molecule has 1 aromatic heterocycles. The summed E-state index contributed by atoms with van der Waals surface area (Å²) in [5, 5.41) is 12.0. The third-order valence-electron chi connectivity index (χ3n) is 7.25. The molecule has 2 fully saturated rings. The lowest BCUT2D eigenvalue weighted by Crippen LogP contribution is -2.35. The fourth-order valence-corrected chi connectivity index (χ4v) is 5.22. The number of nitrogens with one attached hydrogen (secondary N) is 1. The van der Waals surface area contributed by atoms with Crippen molar-refractivity contribution < 1.29 is 9.53 Å². The van der Waals surface area contributed by atoms with Crippen LogP contribution in [0.3, 0.4) is 0 Å². The van der Waals surface area contributed by atoms with Crippen LogP contribution in [0.2, 0.25) is 0 Å². The summed E-state index contributed by atoms with van der Waals surface area (Å²) in [6.45, 7) is 8.21. The molecule has 0 unspecified atom stereocenters. The van der Waals surface area contributed by atoms with Gasteiger partial charge in [-0.25, -0.2) is 0 Å². The summed E-state index contributed by atoms with van der Waals surface area (Å²) in [5.74, 6) is 2.28. The van der Waals surface area contributed by atoms with Crippen molar-refractivity contribution in [2.75, 3.05) is 50.8 Å². The lowest BCUT2D eigenvalue weighted by Gasteiger charge is -2.21. The van der Waals surface area contributed by atoms with Gasteiger partial charge in [0.05, 0.1) is 0 Å². The average Bonchev–Trinajstić information content (AvgIpc) is 3.48. The van der Waals surface area contributed by atoms with E-state index in [0.29, 0.717) is 19.8 Å². The number of fused-ring (bicyclic) bond motifs is 1. The average molecular weight is 453 g/mol. The second kappa shape index (κ2) is 10.7. The van der Waals surface area contributed by atoms with E-state index in [1.807, 2.05) is 0 Å². The minimum Gasteiger partial charge on any atom is -0.381 e. The molecule has 0 aliphatic carbocycles. The number of benzene rings is 1. The van der Waals surface area contributed by atoms with Gasteiger partial charge in [-0.15, -0.1) is 10.2 Å². The first kappa shape index (κ1) is 22.3. The monoisotopic (exact) mass is 452 g/mol. The highest BCUT2D eigenvalue weighted by Gasteiger charge is 2.22. The Morgan fingerprint density at radius 3 is 2.58 bits per heavy atom. The van der Waals surface area contributed by atoms with Crippen LogP contribution in [0.4, 0.5) is 5.69 Å². The summed E-state index contributed by atoms with van der Waals surface area (Å²) < 4.78 is 7.61. The summed E-state index contributed by atoms with van der Waals surface area (Å²) >= 11 is 0. The molecule has 0 spiro atoms. The number of ether oxygens (including phenoxy) is 1. The van der Waals surface area contributed by atoms with Crippen LogP contribution in [0.15, 0.2) is 24.3 Å². The number of aromatic nitrogens is 3. The minimum absolute atomic E-state index is 0.0900. The third kappa shape index (κ3) is 5.55. The van der Waals surface area contributed by atoms with E-state index in [0.717, 1.165) is 63.5 Å². The van der Waals surface area contributed by atoms with E-state index in [-0.39, 0.29) is 11.8 Å². The van der Waals surface area contributed by atoms with Crippen molar-refractivity contribution in [3.8, 4) is 0 Å². The van der Waals surface area contributed by atoms with Crippen LogP contribution in [0.1, 0.15) is 42.9 Å². The normalized spacial score (nSPS) is 19.9. The van der Waals surface area contributed by atoms with E-state index < -0.39 is 0 Å². The standard InChI is InChI=1S/C25H36N6O2/c32-25(21-9-17-33-18-10-21)26-11-7-23-27-28-24-8-14-29(15-16-31(23)24)19-20-3-5-22(6-4-20)30-12-1-2-13-30/h3-6,21H,1-2,7-19H2,(H,26,32). The molecule has 3 aliphatic rings. The summed E-state index contributed by atoms with van der Waals surface area (Å²) in [4.78, 5) is 17.4. The number of amides is 1. The van der Waals surface area contributed by atoms with Crippen molar-refractivity contribution in [3.05, 3.63) is 41.5 Å². The van der Waals surface area contributed by atoms with Crippen LogP contribution in [0.5, 0.6) is 0 Å². The van der Waals surface area contributed by atoms with Crippen molar-refractivity contribution in [3.63, 3.8) is 0 Å². The van der Waals surface area contributed by atoms with Gasteiger partial charge in [-0.1, -0.05) is 12.1 Å². The Labute approximate surface area is 196 Å². The predicted molar refractivity (Wildman–Crippen MR) is 127 cm³/mol. The van der Waals surface area contributed by atoms with E-state index in [2.05, 4.69) is 54.1 Å². The molecule has 5 rings (SSSR count). The van der Waals surface area contributed by atoms with Gasteiger partial charge < -0.3 is 19.5 Å². The second-order valence-corrected chi connectivity index (χ2v) is 9.50. The zero-order chi connectivity index (χ0) is 22.5. The number of hydrogen-bond acceptors (Lipinski definition) is 6. The van der Waals surface area contributed by atoms with Crippen LogP contribution in [0.25, 0.3) is 0 Å². The second-order valence-electron chi connectivity index (χ2n) is 9.50. The van der Waals surface area contributed by atoms with Gasteiger partial charge in [-0.2, -0.15) is 0 Å². The first-order valence-corrected chi connectivity index (χ1v) is 12.6. The maximum atomic E-state index is 12.4. The number of nitrogens with zero attached hydrogens (tertiary/aromatic N) is 5. The highest BCUT2D eigenvalue weighted by Crippen LogP contribution is 2.21. The van der Waals surface area contributed by atoms with Gasteiger partial charge in [0.1, 0.15) is 11.6 Å². The third-order valence-corrected chi connectivity index (χ3v) is 7.25. The Balaban J connectivity index is 1.11. The molecule has 4 heterocycles. The molecule has 8 nitrogen and oxygen atoms in total. The van der Waals surface area contributed by atoms with Crippen molar-refractivity contribution in [1.29, 1.82) is 0 Å². The summed E-state index contributed by atoms with van der Waals surface area (Å²) in [6.07, 6.45) is 5.90. The molecule has 1 aromatic carbocycles. The fraction of sp³-hybridized carbons (Fsp3) is 0.640. The van der Waals surface area contributed by atoms with Gasteiger partial charge >= 0.3 is 0 Å². The zero-order valence-corrected chi connectivity index (χ0v) is 19.5. The summed E-state index contributed by atoms with van der Waals surface area (Å²) in [5.41, 5.74) is 2.72. The first-order chi connectivity index (χ1) is 16.3. The summed E-state index contributed by atoms with van der Waals surface area (Å²) in [7, 11) is 0. The molecule has 8 heteroatoms. The van der Waals surface area contributed by atoms with Crippen molar-refractivity contribution in [2.45, 2.75) is 51.6 Å². The van der Waals surface area contributed by atoms with Gasteiger partial charge in [0.25, 0.3) is 0 Å². The van der Waals surface area contributed by atoms with E-state index >= 15 is 0 Å². The van der Waals surface area contributed by atoms with Crippen molar-refractivity contribution >= 4 is 11.6 Å². The Kier molecular flexibility index (Phi) is 7.21. The minimum atomic E-state index is 0.0900. The quantitative estimate of drug-likeness (QED) is 0.693. The highest BCUT2D eigenvalue weighted by atomic mass is 16.5. The molecular weight excluding hydrogens is 416 g/mol. The van der Waals surface area contributed by atoms with Crippen LogP contribution >= 0.6 is 0 Å². The Morgan fingerprint density at radius 1 is 1.00 bits per heavy atom. The van der Waals surface area contributed by atoms with Gasteiger partial charge in [-0.05, 0) is 43.4 Å². The SMILES string of the molecule is O=C(NCCc1nnc2n1CCN(Cc1ccc(N3CCCC3)cc1)CC2)C1CCOCC1. The summed E-state index contributed by atoms with van der Waals surface area (Å²) in [6, 6.07) is 9.12. The molecule has 0 atom stereocenters. The topological polar surface area (TPSA) is 75.5 Å². The molecule has 2 saturated heterocycles. The number of carbonyl (C=O) groups excluding carboxylic acids is 1. The van der Waals surface area contributed by atoms with Crippen LogP contribution in [-0.4, -0.2) is 71.5 Å². The van der Waals surface area contributed by atoms with Gasteiger partial charge in [0.2, 0.25) is 5.91 Å². The smallest absolute Gasteiger partial charge is 0.223 e. The van der Waals surface area contributed by atoms with Crippen LogP contribution in [0, 0.1) is 5.92 Å². The lowest BCUT2D eigenvalue weighted by atomic mass is 9.99. The molecule has 3 aliphatic heterocycles. The molecule has 1 N–H and O–H groups in total. The number of anilines is 1. The Morgan fingerprint density at radius 2 is 1.79 bits per heavy atom. The maximum absolute atomic E-state index is 12.4. The molecule has 0 saturated carbocycles. The lowest BCUT2D eigenvalue weighted by molar-refractivity contribution is -0.127. The Hall–Kier alpha value is -2.45. The van der Waals surface area contributed by atoms with E-state index in [4.69, 9.17) is 4.74 Å². The maximum Gasteiger partial charge on any atom is 0.223 e. The first-order valence-electron chi connectivity index (χ1n) is 12.6. The van der Waals surface area contributed by atoms with E-state index in [1.165, 1.54) is 37.2 Å². The van der Waals surface area contributed by atoms with Crippen molar-refractivity contribution in [1.82, 2.24) is 25.0 Å². The molecular formula is C25H36N6O2. The van der Waals surface area contributed by atoms with Gasteiger partial charge in [-0.3, -0.25) is 9.69 Å². The molecule has 0 radical (unpaired) electrons. The van der Waals surface area contributed by atoms with E-state index in [1.54, 1.807) is 0 Å².